The van der Waals surface area contributed by atoms with E-state index in [9.17, 15) is 0 Å². The van der Waals surface area contributed by atoms with Crippen molar-refractivity contribution < 1.29 is 0 Å². The molecule has 0 spiro atoms. The van der Waals surface area contributed by atoms with Crippen LogP contribution in [0.3, 0.4) is 0 Å². The third kappa shape index (κ3) is 4.13. The molecule has 3 aromatic rings. The summed E-state index contributed by atoms with van der Waals surface area (Å²) in [6, 6.07) is 16.8. The summed E-state index contributed by atoms with van der Waals surface area (Å²) in [4.78, 5) is 11.3. The van der Waals surface area contributed by atoms with Gasteiger partial charge in [0.2, 0.25) is 0 Å². The largest absolute Gasteiger partial charge is 0.370 e. The van der Waals surface area contributed by atoms with Crippen LogP contribution in [0.2, 0.25) is 0 Å². The molecule has 0 radical (unpaired) electrons. The third-order valence-electron chi connectivity index (χ3n) is 5.43. The first kappa shape index (κ1) is 17.6. The van der Waals surface area contributed by atoms with Gasteiger partial charge in [0.15, 0.2) is 5.96 Å². The van der Waals surface area contributed by atoms with Crippen LogP contribution < -0.4 is 5.73 Å². The highest BCUT2D eigenvalue weighted by Gasteiger charge is 2.16. The molecule has 0 bridgehead atoms. The molecule has 0 atom stereocenters. The number of fused-ring (bicyclic) bond motifs is 1. The summed E-state index contributed by atoms with van der Waals surface area (Å²) < 4.78 is 2.18. The Morgan fingerprint density at radius 2 is 1.78 bits per heavy atom. The number of aromatic nitrogens is 2. The Morgan fingerprint density at radius 1 is 1.07 bits per heavy atom. The van der Waals surface area contributed by atoms with Crippen molar-refractivity contribution in [1.82, 2.24) is 14.5 Å². The minimum atomic E-state index is 0.631. The number of piperidine rings is 1. The molecule has 1 fully saturated rings. The second-order valence-electron chi connectivity index (χ2n) is 7.52. The van der Waals surface area contributed by atoms with Gasteiger partial charge in [-0.25, -0.2) is 9.98 Å². The first-order valence-electron chi connectivity index (χ1n) is 9.71. The number of aliphatic imine (C=N–C) groups is 1. The molecule has 2 heterocycles. The van der Waals surface area contributed by atoms with Crippen LogP contribution in [0.5, 0.6) is 0 Å². The van der Waals surface area contributed by atoms with Crippen LogP contribution in [-0.4, -0.2) is 33.5 Å². The quantitative estimate of drug-likeness (QED) is 0.570. The Morgan fingerprint density at radius 3 is 2.56 bits per heavy atom. The van der Waals surface area contributed by atoms with E-state index in [4.69, 9.17) is 5.73 Å². The van der Waals surface area contributed by atoms with Crippen LogP contribution in [0.25, 0.3) is 11.0 Å². The monoisotopic (exact) mass is 361 g/mol. The zero-order valence-electron chi connectivity index (χ0n) is 15.9. The van der Waals surface area contributed by atoms with Gasteiger partial charge in [-0.1, -0.05) is 43.3 Å². The number of hydrogen-bond acceptors (Lipinski definition) is 2. The predicted octanol–water partition coefficient (Wildman–Crippen LogP) is 3.63. The van der Waals surface area contributed by atoms with E-state index in [1.165, 1.54) is 24.0 Å². The molecule has 0 amide bonds. The van der Waals surface area contributed by atoms with Gasteiger partial charge in [0.05, 0.1) is 23.9 Å². The first-order valence-corrected chi connectivity index (χ1v) is 9.71. The van der Waals surface area contributed by atoms with E-state index < -0.39 is 0 Å². The maximum absolute atomic E-state index is 6.18. The van der Waals surface area contributed by atoms with Gasteiger partial charge in [-0.15, -0.1) is 0 Å². The van der Waals surface area contributed by atoms with Gasteiger partial charge in [0.1, 0.15) is 0 Å². The fraction of sp³-hybridized carbons (Fsp3) is 0.364. The zero-order chi connectivity index (χ0) is 18.6. The van der Waals surface area contributed by atoms with Crippen molar-refractivity contribution in [3.8, 4) is 0 Å². The standard InChI is InChI=1S/C22H27N5/c1-17-10-12-26(13-11-17)22(23)24-14-18-6-8-19(9-7-18)15-27-16-25-20-4-2-3-5-21(20)27/h2-9,16-17H,10-15H2,1H3,(H2,23,24). The molecule has 1 aliphatic heterocycles. The van der Waals surface area contributed by atoms with Crippen molar-refractivity contribution in [3.63, 3.8) is 0 Å². The van der Waals surface area contributed by atoms with E-state index >= 15 is 0 Å². The lowest BCUT2D eigenvalue weighted by atomic mass is 10.00. The number of imidazole rings is 1. The molecule has 4 rings (SSSR count). The minimum absolute atomic E-state index is 0.631. The average molecular weight is 361 g/mol. The van der Waals surface area contributed by atoms with Crippen molar-refractivity contribution >= 4 is 17.0 Å². The predicted molar refractivity (Wildman–Crippen MR) is 111 cm³/mol. The molecule has 1 saturated heterocycles. The molecule has 1 aliphatic rings. The Bertz CT molecular complexity index is 917. The molecule has 5 nitrogen and oxygen atoms in total. The maximum Gasteiger partial charge on any atom is 0.191 e. The van der Waals surface area contributed by atoms with E-state index in [0.717, 1.165) is 36.6 Å². The zero-order valence-corrected chi connectivity index (χ0v) is 15.9. The summed E-state index contributed by atoms with van der Waals surface area (Å²) >= 11 is 0. The Balaban J connectivity index is 1.38. The molecule has 2 N–H and O–H groups in total. The van der Waals surface area contributed by atoms with E-state index in [-0.39, 0.29) is 0 Å². The lowest BCUT2D eigenvalue weighted by molar-refractivity contribution is 0.277. The highest BCUT2D eigenvalue weighted by atomic mass is 15.3. The van der Waals surface area contributed by atoms with Crippen LogP contribution in [0.15, 0.2) is 59.9 Å². The molecule has 5 heteroatoms. The topological polar surface area (TPSA) is 59.4 Å². The van der Waals surface area contributed by atoms with Gasteiger partial charge in [0, 0.05) is 19.6 Å². The number of nitrogens with two attached hydrogens (primary N) is 1. The molecule has 0 aliphatic carbocycles. The SMILES string of the molecule is CC1CCN(C(N)=NCc2ccc(Cn3cnc4ccccc43)cc2)CC1. The lowest BCUT2D eigenvalue weighted by Gasteiger charge is -2.31. The molecule has 140 valence electrons. The molecule has 1 aromatic heterocycles. The fourth-order valence-corrected chi connectivity index (χ4v) is 3.59. The van der Waals surface area contributed by atoms with E-state index in [1.807, 2.05) is 18.5 Å². The normalized spacial score (nSPS) is 16.2. The third-order valence-corrected chi connectivity index (χ3v) is 5.43. The maximum atomic E-state index is 6.18. The summed E-state index contributed by atoms with van der Waals surface area (Å²) in [6.07, 6.45) is 4.31. The van der Waals surface area contributed by atoms with Gasteiger partial charge < -0.3 is 15.2 Å². The first-order chi connectivity index (χ1) is 13.2. The van der Waals surface area contributed by atoms with Crippen molar-refractivity contribution in [2.45, 2.75) is 32.9 Å². The van der Waals surface area contributed by atoms with Gasteiger partial charge in [0.25, 0.3) is 0 Å². The number of para-hydroxylation sites is 2. The Kier molecular flexibility index (Phi) is 5.10. The van der Waals surface area contributed by atoms with Crippen LogP contribution in [0.4, 0.5) is 0 Å². The Labute approximate surface area is 160 Å². The summed E-state index contributed by atoms with van der Waals surface area (Å²) in [7, 11) is 0. The minimum Gasteiger partial charge on any atom is -0.370 e. The number of hydrogen-bond donors (Lipinski definition) is 1. The van der Waals surface area contributed by atoms with E-state index in [1.54, 1.807) is 0 Å². The second-order valence-corrected chi connectivity index (χ2v) is 7.52. The number of benzene rings is 2. The summed E-state index contributed by atoms with van der Waals surface area (Å²) in [5.74, 6) is 1.48. The van der Waals surface area contributed by atoms with Gasteiger partial charge in [-0.3, -0.25) is 0 Å². The summed E-state index contributed by atoms with van der Waals surface area (Å²) in [6.45, 7) is 5.80. The number of likely N-dealkylation sites (tertiary alicyclic amines) is 1. The smallest absolute Gasteiger partial charge is 0.191 e. The highest BCUT2D eigenvalue weighted by molar-refractivity contribution is 5.78. The van der Waals surface area contributed by atoms with Crippen LogP contribution in [-0.2, 0) is 13.1 Å². The number of guanidine groups is 1. The average Bonchev–Trinajstić information content (AvgIpc) is 3.11. The molecular weight excluding hydrogens is 334 g/mol. The molecule has 2 aromatic carbocycles. The number of nitrogens with zero attached hydrogens (tertiary/aromatic N) is 4. The van der Waals surface area contributed by atoms with Crippen LogP contribution >= 0.6 is 0 Å². The summed E-state index contributed by atoms with van der Waals surface area (Å²) in [5, 5.41) is 0. The lowest BCUT2D eigenvalue weighted by Crippen LogP contribution is -2.42. The summed E-state index contributed by atoms with van der Waals surface area (Å²) in [5.41, 5.74) is 10.8. The van der Waals surface area contributed by atoms with E-state index in [2.05, 4.69) is 62.8 Å². The van der Waals surface area contributed by atoms with Crippen LogP contribution in [0.1, 0.15) is 30.9 Å². The Hall–Kier alpha value is -2.82. The molecule has 27 heavy (non-hydrogen) atoms. The van der Waals surface area contributed by atoms with Gasteiger partial charge in [-0.05, 0) is 42.0 Å². The number of rotatable bonds is 4. The van der Waals surface area contributed by atoms with Crippen LogP contribution in [0, 0.1) is 5.92 Å². The fourth-order valence-electron chi connectivity index (χ4n) is 3.59. The molecule has 0 saturated carbocycles. The van der Waals surface area contributed by atoms with Crippen molar-refractivity contribution in [1.29, 1.82) is 0 Å². The van der Waals surface area contributed by atoms with Crippen molar-refractivity contribution in [2.24, 2.45) is 16.6 Å². The van der Waals surface area contributed by atoms with Crippen molar-refractivity contribution in [3.05, 3.63) is 66.0 Å². The molecule has 0 unspecified atom stereocenters. The van der Waals surface area contributed by atoms with E-state index in [0.29, 0.717) is 12.5 Å². The van der Waals surface area contributed by atoms with Gasteiger partial charge >= 0.3 is 0 Å². The molecular formula is C22H27N5. The highest BCUT2D eigenvalue weighted by Crippen LogP contribution is 2.17. The second kappa shape index (κ2) is 7.82. The van der Waals surface area contributed by atoms with Gasteiger partial charge in [-0.2, -0.15) is 0 Å². The van der Waals surface area contributed by atoms with Crippen molar-refractivity contribution in [2.75, 3.05) is 13.1 Å².